The zero-order chi connectivity index (χ0) is 13.9. The lowest BCUT2D eigenvalue weighted by Crippen LogP contribution is -2.14. The minimum atomic E-state index is -4.82. The molecule has 1 aromatic carbocycles. The Morgan fingerprint density at radius 1 is 1.33 bits per heavy atom. The SMILES string of the molecule is CCOC(=O)c1cc(F)cc(C(F)(F)F)c1OC. The molecular formula is C11H10F4O3. The molecule has 1 rings (SSSR count). The third-order valence-electron chi connectivity index (χ3n) is 2.06. The summed E-state index contributed by atoms with van der Waals surface area (Å²) in [5.74, 6) is -3.01. The van der Waals surface area contributed by atoms with Crippen molar-refractivity contribution in [3.8, 4) is 5.75 Å². The highest BCUT2D eigenvalue weighted by Gasteiger charge is 2.37. The quantitative estimate of drug-likeness (QED) is 0.623. The van der Waals surface area contributed by atoms with Gasteiger partial charge in [0.15, 0.2) is 0 Å². The Kier molecular flexibility index (Phi) is 4.15. The van der Waals surface area contributed by atoms with Crippen LogP contribution < -0.4 is 4.74 Å². The third-order valence-corrected chi connectivity index (χ3v) is 2.06. The molecule has 0 amide bonds. The minimum absolute atomic E-state index is 0.0418. The fourth-order valence-corrected chi connectivity index (χ4v) is 1.38. The first kappa shape index (κ1) is 14.3. The van der Waals surface area contributed by atoms with E-state index in [1.807, 2.05) is 0 Å². The second-order valence-corrected chi connectivity index (χ2v) is 3.25. The Morgan fingerprint density at radius 2 is 1.94 bits per heavy atom. The average molecular weight is 266 g/mol. The van der Waals surface area contributed by atoms with E-state index in [-0.39, 0.29) is 12.7 Å². The molecule has 0 radical (unpaired) electrons. The van der Waals surface area contributed by atoms with Gasteiger partial charge >= 0.3 is 12.1 Å². The summed E-state index contributed by atoms with van der Waals surface area (Å²) in [6.07, 6.45) is -4.82. The number of esters is 1. The molecular weight excluding hydrogens is 256 g/mol. The van der Waals surface area contributed by atoms with E-state index in [1.54, 1.807) is 0 Å². The molecule has 0 saturated carbocycles. The van der Waals surface area contributed by atoms with Gasteiger partial charge in [0.25, 0.3) is 0 Å². The molecule has 3 nitrogen and oxygen atoms in total. The number of hydrogen-bond acceptors (Lipinski definition) is 3. The Hall–Kier alpha value is -1.79. The molecule has 0 N–H and O–H groups in total. The number of carbonyl (C=O) groups is 1. The molecule has 0 unspecified atom stereocenters. The van der Waals surface area contributed by atoms with Crippen LogP contribution in [-0.2, 0) is 10.9 Å². The van der Waals surface area contributed by atoms with Crippen LogP contribution in [0.3, 0.4) is 0 Å². The van der Waals surface area contributed by atoms with E-state index in [0.717, 1.165) is 7.11 Å². The number of ether oxygens (including phenoxy) is 2. The summed E-state index contributed by atoms with van der Waals surface area (Å²) in [4.78, 5) is 11.4. The van der Waals surface area contributed by atoms with Gasteiger partial charge < -0.3 is 9.47 Å². The maximum atomic E-state index is 13.1. The van der Waals surface area contributed by atoms with Crippen molar-refractivity contribution in [2.75, 3.05) is 13.7 Å². The number of rotatable bonds is 3. The van der Waals surface area contributed by atoms with Crippen molar-refractivity contribution in [3.05, 3.63) is 29.1 Å². The van der Waals surface area contributed by atoms with Gasteiger partial charge in [0.05, 0.1) is 13.7 Å². The summed E-state index contributed by atoms with van der Waals surface area (Å²) in [5, 5.41) is 0. The summed E-state index contributed by atoms with van der Waals surface area (Å²) in [7, 11) is 0.963. The predicted molar refractivity (Wildman–Crippen MR) is 53.9 cm³/mol. The van der Waals surface area contributed by atoms with Gasteiger partial charge in [-0.2, -0.15) is 13.2 Å². The molecule has 0 atom stereocenters. The highest BCUT2D eigenvalue weighted by molar-refractivity contribution is 5.93. The van der Waals surface area contributed by atoms with Crippen LogP contribution in [-0.4, -0.2) is 19.7 Å². The third kappa shape index (κ3) is 2.91. The average Bonchev–Trinajstić information content (AvgIpc) is 2.27. The van der Waals surface area contributed by atoms with Crippen molar-refractivity contribution in [1.29, 1.82) is 0 Å². The zero-order valence-electron chi connectivity index (χ0n) is 9.60. The zero-order valence-corrected chi connectivity index (χ0v) is 9.60. The normalized spacial score (nSPS) is 11.2. The Bertz CT molecular complexity index is 454. The lowest BCUT2D eigenvalue weighted by atomic mass is 10.1. The van der Waals surface area contributed by atoms with Crippen LogP contribution in [0.2, 0.25) is 0 Å². The molecule has 100 valence electrons. The molecule has 18 heavy (non-hydrogen) atoms. The van der Waals surface area contributed by atoms with E-state index in [0.29, 0.717) is 6.07 Å². The molecule has 0 aliphatic rings. The van der Waals surface area contributed by atoms with E-state index in [9.17, 15) is 22.4 Å². The van der Waals surface area contributed by atoms with Gasteiger partial charge in [-0.15, -0.1) is 0 Å². The van der Waals surface area contributed by atoms with Gasteiger partial charge in [-0.25, -0.2) is 9.18 Å². The van der Waals surface area contributed by atoms with Crippen LogP contribution in [0, 0.1) is 5.82 Å². The van der Waals surface area contributed by atoms with Gasteiger partial charge in [-0.1, -0.05) is 0 Å². The fourth-order valence-electron chi connectivity index (χ4n) is 1.38. The van der Waals surface area contributed by atoms with Gasteiger partial charge in [0, 0.05) is 0 Å². The molecule has 0 aliphatic carbocycles. The molecule has 0 spiro atoms. The minimum Gasteiger partial charge on any atom is -0.495 e. The molecule has 0 aromatic heterocycles. The van der Waals surface area contributed by atoms with Gasteiger partial charge in [0.2, 0.25) is 0 Å². The number of benzene rings is 1. The van der Waals surface area contributed by atoms with Crippen LogP contribution in [0.1, 0.15) is 22.8 Å². The highest BCUT2D eigenvalue weighted by atomic mass is 19.4. The molecule has 1 aromatic rings. The lowest BCUT2D eigenvalue weighted by molar-refractivity contribution is -0.139. The Balaban J connectivity index is 3.43. The first-order valence-electron chi connectivity index (χ1n) is 4.93. The van der Waals surface area contributed by atoms with E-state index in [4.69, 9.17) is 0 Å². The molecule has 0 heterocycles. The summed E-state index contributed by atoms with van der Waals surface area (Å²) in [6.45, 7) is 1.44. The largest absolute Gasteiger partial charge is 0.495 e. The lowest BCUT2D eigenvalue weighted by Gasteiger charge is -2.15. The van der Waals surface area contributed by atoms with E-state index in [2.05, 4.69) is 9.47 Å². The Labute approximate surface area is 100 Å². The van der Waals surface area contributed by atoms with Crippen LogP contribution >= 0.6 is 0 Å². The summed E-state index contributed by atoms with van der Waals surface area (Å²) < 4.78 is 60.1. The number of methoxy groups -OCH3 is 1. The maximum Gasteiger partial charge on any atom is 0.420 e. The number of hydrogen-bond donors (Lipinski definition) is 0. The van der Waals surface area contributed by atoms with E-state index >= 15 is 0 Å². The summed E-state index contributed by atoms with van der Waals surface area (Å²) >= 11 is 0. The molecule has 7 heteroatoms. The van der Waals surface area contributed by atoms with Crippen molar-refractivity contribution in [2.24, 2.45) is 0 Å². The van der Waals surface area contributed by atoms with Crippen molar-refractivity contribution >= 4 is 5.97 Å². The van der Waals surface area contributed by atoms with Gasteiger partial charge in [-0.3, -0.25) is 0 Å². The predicted octanol–water partition coefficient (Wildman–Crippen LogP) is 3.03. The molecule has 0 bridgehead atoms. The van der Waals surface area contributed by atoms with Gasteiger partial charge in [-0.05, 0) is 19.1 Å². The smallest absolute Gasteiger partial charge is 0.420 e. The van der Waals surface area contributed by atoms with Crippen LogP contribution in [0.4, 0.5) is 17.6 Å². The van der Waals surface area contributed by atoms with Crippen LogP contribution in [0.15, 0.2) is 12.1 Å². The van der Waals surface area contributed by atoms with Gasteiger partial charge in [0.1, 0.15) is 22.7 Å². The summed E-state index contributed by atoms with van der Waals surface area (Å²) in [5.41, 5.74) is -1.94. The fraction of sp³-hybridized carbons (Fsp3) is 0.364. The van der Waals surface area contributed by atoms with Crippen molar-refractivity contribution in [1.82, 2.24) is 0 Å². The first-order chi connectivity index (χ1) is 8.31. The Morgan fingerprint density at radius 3 is 2.39 bits per heavy atom. The van der Waals surface area contributed by atoms with Crippen molar-refractivity contribution in [3.63, 3.8) is 0 Å². The van der Waals surface area contributed by atoms with E-state index < -0.39 is 34.8 Å². The standard InChI is InChI=1S/C11H10F4O3/c1-3-18-10(16)7-4-6(12)5-8(9(7)17-2)11(13,14)15/h4-5H,3H2,1-2H3. The highest BCUT2D eigenvalue weighted by Crippen LogP contribution is 2.39. The van der Waals surface area contributed by atoms with Crippen molar-refractivity contribution in [2.45, 2.75) is 13.1 Å². The van der Waals surface area contributed by atoms with Crippen LogP contribution in [0.25, 0.3) is 0 Å². The maximum absolute atomic E-state index is 13.1. The number of alkyl halides is 3. The topological polar surface area (TPSA) is 35.5 Å². The monoisotopic (exact) mass is 266 g/mol. The molecule has 0 aliphatic heterocycles. The molecule has 0 saturated heterocycles. The first-order valence-corrected chi connectivity index (χ1v) is 4.93. The van der Waals surface area contributed by atoms with E-state index in [1.165, 1.54) is 6.92 Å². The second kappa shape index (κ2) is 5.24. The molecule has 0 fully saturated rings. The number of carbonyl (C=O) groups excluding carboxylic acids is 1. The second-order valence-electron chi connectivity index (χ2n) is 3.25. The van der Waals surface area contributed by atoms with Crippen molar-refractivity contribution < 1.29 is 31.8 Å². The summed E-state index contributed by atoms with van der Waals surface area (Å²) in [6, 6.07) is 0.910. The number of halogens is 4. The van der Waals surface area contributed by atoms with Crippen LogP contribution in [0.5, 0.6) is 5.75 Å².